The summed E-state index contributed by atoms with van der Waals surface area (Å²) in [5.74, 6) is -0.377. The molecular weight excluding hydrogens is 310 g/mol. The predicted octanol–water partition coefficient (Wildman–Crippen LogP) is 3.13. The van der Waals surface area contributed by atoms with Gasteiger partial charge in [0.15, 0.2) is 0 Å². The van der Waals surface area contributed by atoms with Crippen LogP contribution in [0.4, 0.5) is 5.69 Å². The minimum Gasteiger partial charge on any atom is -0.463 e. The third-order valence-corrected chi connectivity index (χ3v) is 3.21. The fourth-order valence-electron chi connectivity index (χ4n) is 1.52. The van der Waals surface area contributed by atoms with E-state index in [0.717, 1.165) is 15.7 Å². The molecule has 0 aromatic heterocycles. The summed E-state index contributed by atoms with van der Waals surface area (Å²) in [7, 11) is 1.64. The Bertz CT molecular complexity index is 460. The number of hydrogen-bond acceptors (Lipinski definition) is 4. The Balaban J connectivity index is 2.70. The van der Waals surface area contributed by atoms with E-state index in [2.05, 4.69) is 27.8 Å². The Morgan fingerprint density at radius 3 is 2.84 bits per heavy atom. The standard InChI is InChI=1S/C14H18BrNO3/c1-4-19-14(17)10(2)8-16-13-7-5-6-12(15)11(13)9-18-3/h5-7,16H,2,4,8-9H2,1,3H3. The van der Waals surface area contributed by atoms with Crippen molar-refractivity contribution in [2.45, 2.75) is 13.5 Å². The minimum atomic E-state index is -0.377. The van der Waals surface area contributed by atoms with Crippen LogP contribution in [0.1, 0.15) is 12.5 Å². The van der Waals surface area contributed by atoms with Gasteiger partial charge >= 0.3 is 5.97 Å². The van der Waals surface area contributed by atoms with Crippen molar-refractivity contribution in [3.8, 4) is 0 Å². The van der Waals surface area contributed by atoms with Crippen molar-refractivity contribution in [3.05, 3.63) is 40.4 Å². The number of hydrogen-bond donors (Lipinski definition) is 1. The van der Waals surface area contributed by atoms with Crippen LogP contribution in [0.3, 0.4) is 0 Å². The smallest absolute Gasteiger partial charge is 0.335 e. The van der Waals surface area contributed by atoms with Gasteiger partial charge in [-0.05, 0) is 19.1 Å². The number of ether oxygens (including phenoxy) is 2. The highest BCUT2D eigenvalue weighted by Gasteiger charge is 2.10. The molecule has 0 bridgehead atoms. The van der Waals surface area contributed by atoms with Gasteiger partial charge in [-0.3, -0.25) is 0 Å². The maximum absolute atomic E-state index is 11.4. The molecule has 104 valence electrons. The number of carbonyl (C=O) groups excluding carboxylic acids is 1. The highest BCUT2D eigenvalue weighted by atomic mass is 79.9. The summed E-state index contributed by atoms with van der Waals surface area (Å²) in [5, 5.41) is 3.17. The van der Waals surface area contributed by atoms with E-state index in [0.29, 0.717) is 25.3 Å². The molecule has 0 saturated heterocycles. The first-order valence-corrected chi connectivity index (χ1v) is 6.74. The molecule has 0 radical (unpaired) electrons. The summed E-state index contributed by atoms with van der Waals surface area (Å²) in [6.07, 6.45) is 0. The van der Waals surface area contributed by atoms with Crippen LogP contribution in [0.15, 0.2) is 34.8 Å². The minimum absolute atomic E-state index is 0.339. The lowest BCUT2D eigenvalue weighted by Crippen LogP contribution is -2.15. The third-order valence-electron chi connectivity index (χ3n) is 2.46. The molecule has 0 unspecified atom stereocenters. The number of esters is 1. The second kappa shape index (κ2) is 7.96. The zero-order chi connectivity index (χ0) is 14.3. The van der Waals surface area contributed by atoms with E-state index >= 15 is 0 Å². The first-order valence-electron chi connectivity index (χ1n) is 5.95. The molecule has 0 aliphatic heterocycles. The number of nitrogens with one attached hydrogen (secondary N) is 1. The van der Waals surface area contributed by atoms with Crippen molar-refractivity contribution >= 4 is 27.6 Å². The van der Waals surface area contributed by atoms with Crippen molar-refractivity contribution in [3.63, 3.8) is 0 Å². The molecule has 0 fully saturated rings. The van der Waals surface area contributed by atoms with Crippen LogP contribution >= 0.6 is 15.9 Å². The molecule has 19 heavy (non-hydrogen) atoms. The van der Waals surface area contributed by atoms with Gasteiger partial charge in [-0.1, -0.05) is 28.6 Å². The van der Waals surface area contributed by atoms with Crippen LogP contribution in [0, 0.1) is 0 Å². The first-order chi connectivity index (χ1) is 9.10. The SMILES string of the molecule is C=C(CNc1cccc(Br)c1COC)C(=O)OCC. The molecule has 0 heterocycles. The highest BCUT2D eigenvalue weighted by molar-refractivity contribution is 9.10. The lowest BCUT2D eigenvalue weighted by atomic mass is 10.2. The van der Waals surface area contributed by atoms with Gasteiger partial charge in [-0.2, -0.15) is 0 Å². The number of rotatable bonds is 7. The summed E-state index contributed by atoms with van der Waals surface area (Å²) in [5.41, 5.74) is 2.30. The van der Waals surface area contributed by atoms with Crippen LogP contribution in [0.2, 0.25) is 0 Å². The van der Waals surface area contributed by atoms with Crippen LogP contribution in [-0.4, -0.2) is 26.2 Å². The molecule has 0 atom stereocenters. The van der Waals surface area contributed by atoms with Gasteiger partial charge in [0.05, 0.1) is 13.2 Å². The predicted molar refractivity (Wildman–Crippen MR) is 79.1 cm³/mol. The molecule has 1 aromatic rings. The number of carbonyl (C=O) groups is 1. The molecule has 0 saturated carbocycles. The molecule has 1 aromatic carbocycles. The molecule has 0 spiro atoms. The number of anilines is 1. The Labute approximate surface area is 121 Å². The first kappa shape index (κ1) is 15.7. The maximum Gasteiger partial charge on any atom is 0.335 e. The summed E-state index contributed by atoms with van der Waals surface area (Å²) < 4.78 is 11.0. The lowest BCUT2D eigenvalue weighted by Gasteiger charge is -2.13. The lowest BCUT2D eigenvalue weighted by molar-refractivity contribution is -0.138. The van der Waals surface area contributed by atoms with Crippen molar-refractivity contribution in [1.82, 2.24) is 0 Å². The Morgan fingerprint density at radius 2 is 2.21 bits per heavy atom. The highest BCUT2D eigenvalue weighted by Crippen LogP contribution is 2.25. The van der Waals surface area contributed by atoms with Gasteiger partial charge in [0.1, 0.15) is 0 Å². The van der Waals surface area contributed by atoms with Crippen molar-refractivity contribution in [2.24, 2.45) is 0 Å². The molecule has 0 aliphatic rings. The van der Waals surface area contributed by atoms with Gasteiger partial charge in [0.2, 0.25) is 0 Å². The second-order valence-electron chi connectivity index (χ2n) is 3.88. The van der Waals surface area contributed by atoms with E-state index in [1.807, 2.05) is 18.2 Å². The number of methoxy groups -OCH3 is 1. The molecule has 1 rings (SSSR count). The van der Waals surface area contributed by atoms with E-state index in [-0.39, 0.29) is 5.97 Å². The van der Waals surface area contributed by atoms with Crippen molar-refractivity contribution in [2.75, 3.05) is 25.6 Å². The van der Waals surface area contributed by atoms with Crippen LogP contribution in [-0.2, 0) is 20.9 Å². The van der Waals surface area contributed by atoms with E-state index in [4.69, 9.17) is 9.47 Å². The number of benzene rings is 1. The van der Waals surface area contributed by atoms with Gasteiger partial charge in [-0.25, -0.2) is 4.79 Å². The van der Waals surface area contributed by atoms with E-state index in [1.54, 1.807) is 14.0 Å². The topological polar surface area (TPSA) is 47.6 Å². The van der Waals surface area contributed by atoms with Crippen LogP contribution in [0.25, 0.3) is 0 Å². The summed E-state index contributed by atoms with van der Waals surface area (Å²) in [6.45, 7) is 6.65. The zero-order valence-electron chi connectivity index (χ0n) is 11.2. The van der Waals surface area contributed by atoms with Gasteiger partial charge < -0.3 is 14.8 Å². The average Bonchev–Trinajstić information content (AvgIpc) is 2.39. The normalized spacial score (nSPS) is 10.1. The summed E-state index contributed by atoms with van der Waals surface area (Å²) >= 11 is 3.47. The Hall–Kier alpha value is -1.33. The van der Waals surface area contributed by atoms with E-state index in [9.17, 15) is 4.79 Å². The average molecular weight is 328 g/mol. The summed E-state index contributed by atoms with van der Waals surface area (Å²) in [4.78, 5) is 11.4. The zero-order valence-corrected chi connectivity index (χ0v) is 12.7. The summed E-state index contributed by atoms with van der Waals surface area (Å²) in [6, 6.07) is 5.79. The van der Waals surface area contributed by atoms with Crippen LogP contribution in [0.5, 0.6) is 0 Å². The number of halogens is 1. The molecular formula is C14H18BrNO3. The largest absolute Gasteiger partial charge is 0.463 e. The monoisotopic (exact) mass is 327 g/mol. The Kier molecular flexibility index (Phi) is 6.59. The molecule has 1 N–H and O–H groups in total. The molecule has 4 nitrogen and oxygen atoms in total. The quantitative estimate of drug-likeness (QED) is 0.617. The van der Waals surface area contributed by atoms with Gasteiger partial charge in [0.25, 0.3) is 0 Å². The van der Waals surface area contributed by atoms with Gasteiger partial charge in [0, 0.05) is 35.0 Å². The second-order valence-corrected chi connectivity index (χ2v) is 4.73. The fourth-order valence-corrected chi connectivity index (χ4v) is 2.00. The van der Waals surface area contributed by atoms with Crippen molar-refractivity contribution in [1.29, 1.82) is 0 Å². The van der Waals surface area contributed by atoms with E-state index < -0.39 is 0 Å². The molecule has 0 amide bonds. The third kappa shape index (κ3) is 4.69. The van der Waals surface area contributed by atoms with Gasteiger partial charge in [-0.15, -0.1) is 0 Å². The molecule has 5 heteroatoms. The fraction of sp³-hybridized carbons (Fsp3) is 0.357. The van der Waals surface area contributed by atoms with Crippen molar-refractivity contribution < 1.29 is 14.3 Å². The Morgan fingerprint density at radius 1 is 1.47 bits per heavy atom. The maximum atomic E-state index is 11.4. The van der Waals surface area contributed by atoms with Crippen LogP contribution < -0.4 is 5.32 Å². The van der Waals surface area contributed by atoms with E-state index in [1.165, 1.54) is 0 Å². The molecule has 0 aliphatic carbocycles.